The summed E-state index contributed by atoms with van der Waals surface area (Å²) in [5.41, 5.74) is 13.6. The van der Waals surface area contributed by atoms with E-state index in [4.69, 9.17) is 16.2 Å². The lowest BCUT2D eigenvalue weighted by molar-refractivity contribution is -0.137. The number of rotatable bonds is 2. The second kappa shape index (κ2) is 7.48. The van der Waals surface area contributed by atoms with Gasteiger partial charge >= 0.3 is 6.18 Å². The van der Waals surface area contributed by atoms with Gasteiger partial charge in [0.25, 0.3) is 0 Å². The van der Waals surface area contributed by atoms with Crippen LogP contribution in [0.1, 0.15) is 11.1 Å². The molecule has 0 bridgehead atoms. The van der Waals surface area contributed by atoms with Gasteiger partial charge in [0, 0.05) is 30.1 Å². The average Bonchev–Trinajstić information content (AvgIpc) is 2.98. The second-order valence-corrected chi connectivity index (χ2v) is 8.17. The van der Waals surface area contributed by atoms with Gasteiger partial charge in [-0.1, -0.05) is 17.4 Å². The predicted octanol–water partition coefficient (Wildman–Crippen LogP) is 3.73. The second-order valence-electron chi connectivity index (χ2n) is 7.16. The van der Waals surface area contributed by atoms with Crippen LogP contribution < -0.4 is 21.1 Å². The van der Waals surface area contributed by atoms with Crippen LogP contribution in [-0.2, 0) is 12.7 Å². The van der Waals surface area contributed by atoms with Crippen molar-refractivity contribution in [2.24, 2.45) is 0 Å². The number of ether oxygens (including phenoxy) is 1. The van der Waals surface area contributed by atoms with E-state index in [-0.39, 0.29) is 5.95 Å². The summed E-state index contributed by atoms with van der Waals surface area (Å²) in [6.45, 7) is 1.05. The van der Waals surface area contributed by atoms with E-state index in [1.165, 1.54) is 11.3 Å². The molecule has 0 saturated heterocycles. The first-order chi connectivity index (χ1) is 15.3. The SMILES string of the molecule is Nc1nc2cc(-c3ccc4c(c3)CN(c3ncc(C(F)(F)F)c(N)n3)CCO4)cnc2s1. The van der Waals surface area contributed by atoms with Crippen molar-refractivity contribution < 1.29 is 17.9 Å². The molecule has 0 aliphatic carbocycles. The number of pyridine rings is 1. The number of aromatic nitrogens is 4. The minimum Gasteiger partial charge on any atom is -0.491 e. The maximum absolute atomic E-state index is 13.0. The Morgan fingerprint density at radius 3 is 2.66 bits per heavy atom. The number of alkyl halides is 3. The quantitative estimate of drug-likeness (QED) is 0.466. The molecule has 8 nitrogen and oxygen atoms in total. The molecule has 12 heteroatoms. The van der Waals surface area contributed by atoms with Gasteiger partial charge in [0.15, 0.2) is 5.13 Å². The molecule has 32 heavy (non-hydrogen) atoms. The number of halogens is 3. The Bertz CT molecular complexity index is 1320. The lowest BCUT2D eigenvalue weighted by Crippen LogP contribution is -2.28. The van der Waals surface area contributed by atoms with Gasteiger partial charge in [-0.25, -0.2) is 15.0 Å². The molecule has 0 radical (unpaired) electrons. The van der Waals surface area contributed by atoms with Crippen LogP contribution in [0.2, 0.25) is 0 Å². The summed E-state index contributed by atoms with van der Waals surface area (Å²) < 4.78 is 44.8. The van der Waals surface area contributed by atoms with Crippen molar-refractivity contribution in [2.45, 2.75) is 12.7 Å². The largest absolute Gasteiger partial charge is 0.491 e. The molecule has 1 aliphatic rings. The van der Waals surface area contributed by atoms with E-state index in [9.17, 15) is 13.2 Å². The van der Waals surface area contributed by atoms with E-state index >= 15 is 0 Å². The normalized spacial score (nSPS) is 14.2. The van der Waals surface area contributed by atoms with Crippen LogP contribution in [-0.4, -0.2) is 33.1 Å². The zero-order valence-electron chi connectivity index (χ0n) is 16.4. The summed E-state index contributed by atoms with van der Waals surface area (Å²) in [5, 5.41) is 0.450. The molecule has 5 rings (SSSR count). The maximum Gasteiger partial charge on any atom is 0.421 e. The van der Waals surface area contributed by atoms with Crippen LogP contribution in [0.4, 0.5) is 30.1 Å². The van der Waals surface area contributed by atoms with E-state index < -0.39 is 17.6 Å². The number of fused-ring (bicyclic) bond motifs is 2. The molecule has 0 amide bonds. The lowest BCUT2D eigenvalue weighted by atomic mass is 10.0. The Balaban J connectivity index is 1.47. The van der Waals surface area contributed by atoms with E-state index in [1.54, 1.807) is 11.1 Å². The number of anilines is 3. The van der Waals surface area contributed by atoms with E-state index in [2.05, 4.69) is 19.9 Å². The van der Waals surface area contributed by atoms with Gasteiger partial charge in [0.2, 0.25) is 5.95 Å². The first-order valence-electron chi connectivity index (χ1n) is 9.51. The minimum atomic E-state index is -4.61. The molecule has 4 aromatic rings. The van der Waals surface area contributed by atoms with Gasteiger partial charge in [-0.2, -0.15) is 18.2 Å². The van der Waals surface area contributed by atoms with E-state index in [1.807, 2.05) is 24.3 Å². The standard InChI is InChI=1S/C20H16F3N7OS/c21-20(22,23)13-8-27-19(29-16(13)24)30-3-4-31-15-2-1-10(5-12(15)9-30)11-6-14-17(26-7-11)32-18(25)28-14/h1-2,5-8H,3-4,9H2,(H2,25,28)(H2,24,27,29). The fourth-order valence-electron chi connectivity index (χ4n) is 3.50. The Morgan fingerprint density at radius 2 is 1.88 bits per heavy atom. The molecular formula is C20H16F3N7OS. The highest BCUT2D eigenvalue weighted by atomic mass is 32.1. The highest BCUT2D eigenvalue weighted by Gasteiger charge is 2.35. The topological polar surface area (TPSA) is 116 Å². The van der Waals surface area contributed by atoms with Crippen molar-refractivity contribution in [1.29, 1.82) is 0 Å². The number of thiazole rings is 1. The summed E-state index contributed by atoms with van der Waals surface area (Å²) in [5.74, 6) is 0.185. The summed E-state index contributed by atoms with van der Waals surface area (Å²) >= 11 is 1.32. The monoisotopic (exact) mass is 459 g/mol. The molecule has 0 spiro atoms. The smallest absolute Gasteiger partial charge is 0.421 e. The molecule has 1 aliphatic heterocycles. The van der Waals surface area contributed by atoms with Crippen LogP contribution in [0.15, 0.2) is 36.7 Å². The van der Waals surface area contributed by atoms with Crippen LogP contribution >= 0.6 is 11.3 Å². The van der Waals surface area contributed by atoms with Crippen molar-refractivity contribution in [2.75, 3.05) is 29.5 Å². The van der Waals surface area contributed by atoms with Crippen molar-refractivity contribution >= 4 is 38.6 Å². The average molecular weight is 459 g/mol. The highest BCUT2D eigenvalue weighted by Crippen LogP contribution is 2.34. The Hall–Kier alpha value is -3.67. The van der Waals surface area contributed by atoms with E-state index in [0.29, 0.717) is 42.3 Å². The molecule has 0 unspecified atom stereocenters. The van der Waals surface area contributed by atoms with Crippen molar-refractivity contribution in [3.8, 4) is 16.9 Å². The zero-order chi connectivity index (χ0) is 22.5. The number of hydrogen-bond donors (Lipinski definition) is 2. The summed E-state index contributed by atoms with van der Waals surface area (Å²) in [4.78, 5) is 19.0. The molecule has 0 saturated carbocycles. The predicted molar refractivity (Wildman–Crippen MR) is 115 cm³/mol. The van der Waals surface area contributed by atoms with Crippen molar-refractivity contribution in [1.82, 2.24) is 19.9 Å². The first-order valence-corrected chi connectivity index (χ1v) is 10.3. The van der Waals surface area contributed by atoms with Gasteiger partial charge < -0.3 is 21.1 Å². The molecule has 0 atom stereocenters. The fourth-order valence-corrected chi connectivity index (χ4v) is 4.16. The molecular weight excluding hydrogens is 443 g/mol. The summed E-state index contributed by atoms with van der Waals surface area (Å²) in [6, 6.07) is 7.63. The maximum atomic E-state index is 13.0. The molecule has 3 aromatic heterocycles. The zero-order valence-corrected chi connectivity index (χ0v) is 17.2. The van der Waals surface area contributed by atoms with Crippen LogP contribution in [0.5, 0.6) is 5.75 Å². The Kier molecular flexibility index (Phi) is 4.73. The van der Waals surface area contributed by atoms with Gasteiger partial charge in [0.05, 0.1) is 6.54 Å². The lowest BCUT2D eigenvalue weighted by Gasteiger charge is -2.21. The molecule has 1 aromatic carbocycles. The van der Waals surface area contributed by atoms with E-state index in [0.717, 1.165) is 21.5 Å². The number of nitrogen functional groups attached to an aromatic ring is 2. The summed E-state index contributed by atoms with van der Waals surface area (Å²) in [6.07, 6.45) is -2.15. The Morgan fingerprint density at radius 1 is 1.03 bits per heavy atom. The van der Waals surface area contributed by atoms with Gasteiger partial charge in [-0.15, -0.1) is 0 Å². The van der Waals surface area contributed by atoms with Crippen LogP contribution in [0.25, 0.3) is 21.5 Å². The van der Waals surface area contributed by atoms with Gasteiger partial charge in [-0.05, 0) is 23.8 Å². The fraction of sp³-hybridized carbons (Fsp3) is 0.200. The van der Waals surface area contributed by atoms with Crippen molar-refractivity contribution in [3.05, 3.63) is 47.8 Å². The number of benzene rings is 1. The van der Waals surface area contributed by atoms with Crippen LogP contribution in [0, 0.1) is 0 Å². The summed E-state index contributed by atoms with van der Waals surface area (Å²) in [7, 11) is 0. The molecule has 4 heterocycles. The number of nitrogens with two attached hydrogens (primary N) is 2. The van der Waals surface area contributed by atoms with Gasteiger partial charge in [0.1, 0.15) is 34.1 Å². The molecule has 164 valence electrons. The third-order valence-corrected chi connectivity index (χ3v) is 5.84. The van der Waals surface area contributed by atoms with Crippen LogP contribution in [0.3, 0.4) is 0 Å². The Labute approximate surface area is 183 Å². The molecule has 4 N–H and O–H groups in total. The third kappa shape index (κ3) is 3.73. The highest BCUT2D eigenvalue weighted by molar-refractivity contribution is 7.21. The number of nitrogens with zero attached hydrogens (tertiary/aromatic N) is 5. The molecule has 0 fully saturated rings. The van der Waals surface area contributed by atoms with Crippen molar-refractivity contribution in [3.63, 3.8) is 0 Å². The minimum absolute atomic E-state index is 0.110. The third-order valence-electron chi connectivity index (χ3n) is 5.03. The first kappa shape index (κ1) is 20.2. The van der Waals surface area contributed by atoms with Gasteiger partial charge in [-0.3, -0.25) is 0 Å². The number of hydrogen-bond acceptors (Lipinski definition) is 9.